The Morgan fingerprint density at radius 1 is 0.839 bits per heavy atom. The molecule has 5 nitrogen and oxygen atoms in total. The van der Waals surface area contributed by atoms with Gasteiger partial charge in [0.2, 0.25) is 5.91 Å². The van der Waals surface area contributed by atoms with Gasteiger partial charge in [0.25, 0.3) is 5.91 Å². The smallest absolute Gasteiger partial charge is 0.266 e. The molecule has 2 aliphatic rings. The van der Waals surface area contributed by atoms with Crippen LogP contribution < -0.4 is 9.96 Å². The minimum atomic E-state index is -0.923. The Kier molecular flexibility index (Phi) is 4.97. The van der Waals surface area contributed by atoms with E-state index in [0.717, 1.165) is 16.8 Å². The highest BCUT2D eigenvalue weighted by atomic mass is 35.5. The number of aryl methyl sites for hydroxylation is 1. The highest BCUT2D eigenvalue weighted by molar-refractivity contribution is 6.32. The van der Waals surface area contributed by atoms with Crippen molar-refractivity contribution in [1.29, 1.82) is 0 Å². The van der Waals surface area contributed by atoms with Crippen molar-refractivity contribution < 1.29 is 14.4 Å². The first-order chi connectivity index (χ1) is 15.0. The lowest BCUT2D eigenvalue weighted by molar-refractivity contribution is -0.126. The van der Waals surface area contributed by atoms with E-state index in [1.54, 1.807) is 35.4 Å². The van der Waals surface area contributed by atoms with Crippen LogP contribution in [0.25, 0.3) is 0 Å². The number of hydrogen-bond donors (Lipinski definition) is 0. The van der Waals surface area contributed by atoms with Crippen molar-refractivity contribution in [2.75, 3.05) is 9.96 Å². The summed E-state index contributed by atoms with van der Waals surface area (Å²) in [6, 6.07) is 21.4. The first-order valence-electron chi connectivity index (χ1n) is 9.86. The van der Waals surface area contributed by atoms with E-state index in [1.165, 1.54) is 4.90 Å². The third-order valence-corrected chi connectivity index (χ3v) is 6.41. The van der Waals surface area contributed by atoms with E-state index < -0.39 is 24.0 Å². The molecule has 0 radical (unpaired) electrons. The number of para-hydroxylation sites is 1. The SMILES string of the molecule is Cc1ccc(N2C(=O)[C@@H]3[C@@H](ON(c4ccccc4)[C@H]3c3ccc(Cl)cc3)C2=O)cc1Cl. The van der Waals surface area contributed by atoms with Crippen LogP contribution in [0.3, 0.4) is 0 Å². The molecule has 0 N–H and O–H groups in total. The Morgan fingerprint density at radius 3 is 2.23 bits per heavy atom. The standard InChI is InChI=1S/C24H18Cl2N2O3/c1-14-7-12-18(13-19(14)26)27-23(29)20-21(15-8-10-16(25)11-9-15)28(31-22(20)24(27)30)17-5-3-2-4-6-17/h2-13,20-22H,1H3/t20-,21-,22+/m0/s1. The van der Waals surface area contributed by atoms with Crippen molar-refractivity contribution in [3.63, 3.8) is 0 Å². The molecule has 2 saturated heterocycles. The second kappa shape index (κ2) is 7.68. The normalized spacial score (nSPS) is 22.9. The molecule has 3 aromatic carbocycles. The number of imide groups is 1. The third kappa shape index (κ3) is 3.30. The van der Waals surface area contributed by atoms with Gasteiger partial charge in [-0.1, -0.05) is 59.6 Å². The van der Waals surface area contributed by atoms with Gasteiger partial charge in [-0.25, -0.2) is 9.96 Å². The zero-order chi connectivity index (χ0) is 21.7. The molecule has 2 heterocycles. The molecule has 0 aromatic heterocycles. The highest BCUT2D eigenvalue weighted by Crippen LogP contribution is 2.47. The number of carbonyl (C=O) groups excluding carboxylic acids is 2. The van der Waals surface area contributed by atoms with Gasteiger partial charge in [-0.2, -0.15) is 0 Å². The second-order valence-corrected chi connectivity index (χ2v) is 8.50. The number of amides is 2. The average molecular weight is 453 g/mol. The number of nitrogens with zero attached hydrogens (tertiary/aromatic N) is 2. The maximum atomic E-state index is 13.6. The monoisotopic (exact) mass is 452 g/mol. The molecule has 31 heavy (non-hydrogen) atoms. The first-order valence-corrected chi connectivity index (χ1v) is 10.6. The van der Waals surface area contributed by atoms with E-state index in [2.05, 4.69) is 0 Å². The van der Waals surface area contributed by atoms with E-state index in [0.29, 0.717) is 15.7 Å². The number of carbonyl (C=O) groups is 2. The van der Waals surface area contributed by atoms with Gasteiger partial charge in [0.1, 0.15) is 5.92 Å². The number of fused-ring (bicyclic) bond motifs is 1. The molecule has 0 aliphatic carbocycles. The van der Waals surface area contributed by atoms with Crippen LogP contribution in [0.15, 0.2) is 72.8 Å². The van der Waals surface area contributed by atoms with Gasteiger partial charge in [-0.05, 0) is 54.4 Å². The summed E-state index contributed by atoms with van der Waals surface area (Å²) in [5, 5.41) is 2.75. The van der Waals surface area contributed by atoms with Crippen molar-refractivity contribution in [1.82, 2.24) is 0 Å². The zero-order valence-corrected chi connectivity index (χ0v) is 18.0. The van der Waals surface area contributed by atoms with Gasteiger partial charge in [0.05, 0.1) is 17.4 Å². The lowest BCUT2D eigenvalue weighted by atomic mass is 9.90. The Labute approximate surface area is 189 Å². The van der Waals surface area contributed by atoms with E-state index >= 15 is 0 Å². The Bertz CT molecular complexity index is 1170. The van der Waals surface area contributed by atoms with Crippen LogP contribution in [-0.2, 0) is 14.4 Å². The van der Waals surface area contributed by atoms with Crippen molar-refractivity contribution in [3.8, 4) is 0 Å². The summed E-state index contributed by atoms with van der Waals surface area (Å²) in [7, 11) is 0. The van der Waals surface area contributed by atoms with Gasteiger partial charge in [0.15, 0.2) is 6.10 Å². The quantitative estimate of drug-likeness (QED) is 0.502. The lowest BCUT2D eigenvalue weighted by Gasteiger charge is -2.28. The fourth-order valence-corrected chi connectivity index (χ4v) is 4.49. The molecule has 7 heteroatoms. The topological polar surface area (TPSA) is 49.9 Å². The number of rotatable bonds is 3. The van der Waals surface area contributed by atoms with Crippen LogP contribution in [-0.4, -0.2) is 17.9 Å². The van der Waals surface area contributed by atoms with E-state index in [4.69, 9.17) is 28.0 Å². The average Bonchev–Trinajstić information content (AvgIpc) is 3.28. The van der Waals surface area contributed by atoms with Crippen LogP contribution in [0.1, 0.15) is 17.2 Å². The molecule has 3 atom stereocenters. The van der Waals surface area contributed by atoms with Gasteiger partial charge in [-0.3, -0.25) is 14.4 Å². The second-order valence-electron chi connectivity index (χ2n) is 7.65. The molecule has 2 amide bonds. The summed E-state index contributed by atoms with van der Waals surface area (Å²) in [5.41, 5.74) is 2.92. The maximum absolute atomic E-state index is 13.6. The number of hydrogen-bond acceptors (Lipinski definition) is 4. The largest absolute Gasteiger partial charge is 0.273 e. The molecule has 3 aromatic rings. The summed E-state index contributed by atoms with van der Waals surface area (Å²) in [6.07, 6.45) is -0.923. The molecule has 0 saturated carbocycles. The number of hydroxylamine groups is 1. The molecule has 2 fully saturated rings. The summed E-state index contributed by atoms with van der Waals surface area (Å²) in [5.74, 6) is -1.41. The summed E-state index contributed by atoms with van der Waals surface area (Å²) in [4.78, 5) is 34.1. The lowest BCUT2D eigenvalue weighted by Crippen LogP contribution is -2.37. The van der Waals surface area contributed by atoms with Crippen LogP contribution in [0, 0.1) is 12.8 Å². The predicted octanol–water partition coefficient (Wildman–Crippen LogP) is 5.35. The van der Waals surface area contributed by atoms with Gasteiger partial charge >= 0.3 is 0 Å². The zero-order valence-electron chi connectivity index (χ0n) is 16.5. The Balaban J connectivity index is 1.58. The Morgan fingerprint density at radius 2 is 1.55 bits per heavy atom. The predicted molar refractivity (Wildman–Crippen MR) is 120 cm³/mol. The third-order valence-electron chi connectivity index (χ3n) is 5.75. The summed E-state index contributed by atoms with van der Waals surface area (Å²) in [6.45, 7) is 1.87. The molecule has 0 bridgehead atoms. The molecule has 0 spiro atoms. The first kappa shape index (κ1) is 20.1. The van der Waals surface area contributed by atoms with Crippen molar-refractivity contribution in [2.24, 2.45) is 5.92 Å². The van der Waals surface area contributed by atoms with E-state index in [9.17, 15) is 9.59 Å². The Hall–Kier alpha value is -2.86. The van der Waals surface area contributed by atoms with Crippen LogP contribution in [0.5, 0.6) is 0 Å². The molecular formula is C24H18Cl2N2O3. The molecule has 5 rings (SSSR count). The van der Waals surface area contributed by atoms with Gasteiger partial charge in [-0.15, -0.1) is 0 Å². The van der Waals surface area contributed by atoms with E-state index in [-0.39, 0.29) is 5.91 Å². The van der Waals surface area contributed by atoms with Crippen LogP contribution in [0.2, 0.25) is 10.0 Å². The minimum absolute atomic E-state index is 0.312. The van der Waals surface area contributed by atoms with Gasteiger partial charge < -0.3 is 0 Å². The number of halogens is 2. The molecule has 0 unspecified atom stereocenters. The molecule has 2 aliphatic heterocycles. The van der Waals surface area contributed by atoms with Crippen LogP contribution in [0.4, 0.5) is 11.4 Å². The highest BCUT2D eigenvalue weighted by Gasteiger charge is 2.60. The summed E-state index contributed by atoms with van der Waals surface area (Å²) < 4.78 is 0. The summed E-state index contributed by atoms with van der Waals surface area (Å²) >= 11 is 12.3. The van der Waals surface area contributed by atoms with Crippen molar-refractivity contribution in [2.45, 2.75) is 19.1 Å². The maximum Gasteiger partial charge on any atom is 0.266 e. The van der Waals surface area contributed by atoms with Gasteiger partial charge in [0, 0.05) is 10.0 Å². The minimum Gasteiger partial charge on any atom is -0.273 e. The van der Waals surface area contributed by atoms with Crippen molar-refractivity contribution >= 4 is 46.4 Å². The molecule has 156 valence electrons. The van der Waals surface area contributed by atoms with Crippen LogP contribution >= 0.6 is 23.2 Å². The van der Waals surface area contributed by atoms with E-state index in [1.807, 2.05) is 49.4 Å². The number of benzene rings is 3. The molecular weight excluding hydrogens is 435 g/mol. The number of anilines is 2. The van der Waals surface area contributed by atoms with Crippen molar-refractivity contribution in [3.05, 3.63) is 94.0 Å². The fraction of sp³-hybridized carbons (Fsp3) is 0.167. The fourth-order valence-electron chi connectivity index (χ4n) is 4.19.